The van der Waals surface area contributed by atoms with Crippen molar-refractivity contribution >= 4 is 5.91 Å². The van der Waals surface area contributed by atoms with Crippen molar-refractivity contribution in [2.45, 2.75) is 24.9 Å². The maximum Gasteiger partial charge on any atom is 0.242 e. The van der Waals surface area contributed by atoms with Crippen LogP contribution >= 0.6 is 0 Å². The number of hydrogen-bond donors (Lipinski definition) is 2. The summed E-state index contributed by atoms with van der Waals surface area (Å²) in [7, 11) is 1.79. The van der Waals surface area contributed by atoms with Crippen molar-refractivity contribution in [2.75, 3.05) is 13.2 Å². The molecule has 0 saturated carbocycles. The molecule has 2 rings (SSSR count). The molecule has 2 heterocycles. The molecular weight excluding hydrogens is 220 g/mol. The Bertz CT molecular complexity index is 409. The van der Waals surface area contributed by atoms with Gasteiger partial charge in [0.1, 0.15) is 6.04 Å². The number of carbonyl (C=O) groups is 1. The summed E-state index contributed by atoms with van der Waals surface area (Å²) >= 11 is 0. The second kappa shape index (κ2) is 4.46. The molecule has 0 aliphatic carbocycles. The van der Waals surface area contributed by atoms with E-state index >= 15 is 0 Å². The molecule has 6 heteroatoms. The van der Waals surface area contributed by atoms with Crippen LogP contribution in [0.15, 0.2) is 12.4 Å². The molecule has 6 nitrogen and oxygen atoms in total. The van der Waals surface area contributed by atoms with E-state index in [1.165, 1.54) is 0 Å². The highest BCUT2D eigenvalue weighted by Gasteiger charge is 2.33. The Morgan fingerprint density at radius 3 is 3.06 bits per heavy atom. The molecule has 1 aromatic rings. The van der Waals surface area contributed by atoms with Gasteiger partial charge in [-0.25, -0.2) is 0 Å². The van der Waals surface area contributed by atoms with E-state index in [4.69, 9.17) is 10.5 Å². The number of aromatic nitrogens is 2. The van der Waals surface area contributed by atoms with Gasteiger partial charge in [-0.15, -0.1) is 0 Å². The SMILES string of the molecule is Cn1cc(C(N)C(=O)NC2(C)CCOC2)cn1. The fourth-order valence-electron chi connectivity index (χ4n) is 1.89. The fraction of sp³-hybridized carbons (Fsp3) is 0.636. The lowest BCUT2D eigenvalue weighted by atomic mass is 10.0. The largest absolute Gasteiger partial charge is 0.379 e. The third kappa shape index (κ3) is 2.65. The highest BCUT2D eigenvalue weighted by atomic mass is 16.5. The molecular formula is C11H18N4O2. The second-order valence-electron chi connectivity index (χ2n) is 4.78. The van der Waals surface area contributed by atoms with Crippen LogP contribution in [0.2, 0.25) is 0 Å². The van der Waals surface area contributed by atoms with Crippen molar-refractivity contribution in [1.82, 2.24) is 15.1 Å². The minimum atomic E-state index is -0.680. The third-order valence-corrected chi connectivity index (χ3v) is 3.01. The average Bonchev–Trinajstić information content (AvgIpc) is 2.86. The summed E-state index contributed by atoms with van der Waals surface area (Å²) in [4.78, 5) is 12.0. The fourth-order valence-corrected chi connectivity index (χ4v) is 1.89. The molecule has 17 heavy (non-hydrogen) atoms. The Morgan fingerprint density at radius 2 is 2.53 bits per heavy atom. The van der Waals surface area contributed by atoms with E-state index in [0.717, 1.165) is 6.42 Å². The van der Waals surface area contributed by atoms with Crippen LogP contribution in [0.4, 0.5) is 0 Å². The number of rotatable bonds is 3. The molecule has 0 radical (unpaired) electrons. The topological polar surface area (TPSA) is 82.2 Å². The van der Waals surface area contributed by atoms with Crippen molar-refractivity contribution in [3.05, 3.63) is 18.0 Å². The summed E-state index contributed by atoms with van der Waals surface area (Å²) in [5, 5.41) is 6.94. The molecule has 1 aliphatic heterocycles. The maximum absolute atomic E-state index is 12.0. The quantitative estimate of drug-likeness (QED) is 0.758. The first-order valence-corrected chi connectivity index (χ1v) is 5.64. The van der Waals surface area contributed by atoms with Crippen LogP contribution < -0.4 is 11.1 Å². The number of nitrogens with zero attached hydrogens (tertiary/aromatic N) is 2. The molecule has 0 aromatic carbocycles. The van der Waals surface area contributed by atoms with E-state index in [-0.39, 0.29) is 11.4 Å². The summed E-state index contributed by atoms with van der Waals surface area (Å²) in [5.41, 5.74) is 6.30. The first kappa shape index (κ1) is 12.1. The van der Waals surface area contributed by atoms with E-state index in [1.807, 2.05) is 6.92 Å². The standard InChI is InChI=1S/C11H18N4O2/c1-11(3-4-17-7-11)14-10(16)9(12)8-5-13-15(2)6-8/h5-6,9H,3-4,7,12H2,1-2H3,(H,14,16). The lowest BCUT2D eigenvalue weighted by molar-refractivity contribution is -0.124. The maximum atomic E-state index is 12.0. The zero-order chi connectivity index (χ0) is 12.5. The predicted molar refractivity (Wildman–Crippen MR) is 62.1 cm³/mol. The molecule has 2 unspecified atom stereocenters. The van der Waals surface area contributed by atoms with E-state index < -0.39 is 6.04 Å². The van der Waals surface area contributed by atoms with E-state index in [1.54, 1.807) is 24.1 Å². The Balaban J connectivity index is 2.00. The second-order valence-corrected chi connectivity index (χ2v) is 4.78. The van der Waals surface area contributed by atoms with Gasteiger partial charge in [0.25, 0.3) is 0 Å². The van der Waals surface area contributed by atoms with Gasteiger partial charge in [0, 0.05) is 25.4 Å². The van der Waals surface area contributed by atoms with E-state index in [2.05, 4.69) is 10.4 Å². The van der Waals surface area contributed by atoms with Crippen molar-refractivity contribution in [1.29, 1.82) is 0 Å². The Labute approximate surface area is 100 Å². The average molecular weight is 238 g/mol. The number of aryl methyl sites for hydroxylation is 1. The molecule has 0 bridgehead atoms. The summed E-state index contributed by atoms with van der Waals surface area (Å²) in [6.07, 6.45) is 4.17. The van der Waals surface area contributed by atoms with Crippen molar-refractivity contribution in [2.24, 2.45) is 12.8 Å². The number of ether oxygens (including phenoxy) is 1. The lowest BCUT2D eigenvalue weighted by Gasteiger charge is -2.25. The summed E-state index contributed by atoms with van der Waals surface area (Å²) in [5.74, 6) is -0.189. The smallest absolute Gasteiger partial charge is 0.242 e. The molecule has 0 spiro atoms. The molecule has 1 aromatic heterocycles. The van der Waals surface area contributed by atoms with Crippen LogP contribution in [0.25, 0.3) is 0 Å². The van der Waals surface area contributed by atoms with Crippen LogP contribution in [0, 0.1) is 0 Å². The van der Waals surface area contributed by atoms with Gasteiger partial charge >= 0.3 is 0 Å². The molecule has 3 N–H and O–H groups in total. The van der Waals surface area contributed by atoms with Gasteiger partial charge in [-0.1, -0.05) is 0 Å². The summed E-state index contributed by atoms with van der Waals surface area (Å²) in [6.45, 7) is 3.19. The van der Waals surface area contributed by atoms with E-state index in [9.17, 15) is 4.79 Å². The minimum absolute atomic E-state index is 0.189. The number of nitrogens with two attached hydrogens (primary N) is 1. The van der Waals surface area contributed by atoms with Crippen LogP contribution in [0.5, 0.6) is 0 Å². The highest BCUT2D eigenvalue weighted by Crippen LogP contribution is 2.19. The molecule has 94 valence electrons. The molecule has 1 amide bonds. The molecule has 2 atom stereocenters. The highest BCUT2D eigenvalue weighted by molar-refractivity contribution is 5.83. The third-order valence-electron chi connectivity index (χ3n) is 3.01. The predicted octanol–water partition coefficient (Wildman–Crippen LogP) is -0.285. The number of hydrogen-bond acceptors (Lipinski definition) is 4. The zero-order valence-electron chi connectivity index (χ0n) is 10.1. The lowest BCUT2D eigenvalue weighted by Crippen LogP contribution is -2.49. The van der Waals surface area contributed by atoms with Gasteiger partial charge < -0.3 is 15.8 Å². The van der Waals surface area contributed by atoms with Gasteiger partial charge in [0.2, 0.25) is 5.91 Å². The summed E-state index contributed by atoms with van der Waals surface area (Å²) in [6, 6.07) is -0.680. The van der Waals surface area contributed by atoms with E-state index in [0.29, 0.717) is 18.8 Å². The first-order valence-electron chi connectivity index (χ1n) is 5.64. The Kier molecular flexibility index (Phi) is 3.17. The normalized spacial score (nSPS) is 25.8. The van der Waals surface area contributed by atoms with Crippen LogP contribution in [0.3, 0.4) is 0 Å². The molecule has 1 saturated heterocycles. The number of amides is 1. The van der Waals surface area contributed by atoms with Gasteiger partial charge in [-0.05, 0) is 13.3 Å². The van der Waals surface area contributed by atoms with Crippen LogP contribution in [-0.4, -0.2) is 34.4 Å². The van der Waals surface area contributed by atoms with Gasteiger partial charge in [0.15, 0.2) is 0 Å². The van der Waals surface area contributed by atoms with Gasteiger partial charge in [-0.3, -0.25) is 9.48 Å². The monoisotopic (exact) mass is 238 g/mol. The van der Waals surface area contributed by atoms with Crippen LogP contribution in [0.1, 0.15) is 24.9 Å². The number of nitrogens with one attached hydrogen (secondary N) is 1. The molecule has 1 fully saturated rings. The number of carbonyl (C=O) groups excluding carboxylic acids is 1. The Hall–Kier alpha value is -1.40. The van der Waals surface area contributed by atoms with Crippen molar-refractivity contribution in [3.8, 4) is 0 Å². The summed E-state index contributed by atoms with van der Waals surface area (Å²) < 4.78 is 6.91. The Morgan fingerprint density at radius 1 is 1.76 bits per heavy atom. The van der Waals surface area contributed by atoms with Crippen LogP contribution in [-0.2, 0) is 16.6 Å². The van der Waals surface area contributed by atoms with Gasteiger partial charge in [-0.2, -0.15) is 5.10 Å². The molecule has 1 aliphatic rings. The minimum Gasteiger partial charge on any atom is -0.379 e. The zero-order valence-corrected chi connectivity index (χ0v) is 10.1. The van der Waals surface area contributed by atoms with Gasteiger partial charge in [0.05, 0.1) is 18.3 Å². The van der Waals surface area contributed by atoms with Crippen molar-refractivity contribution in [3.63, 3.8) is 0 Å². The first-order chi connectivity index (χ1) is 8.00. The van der Waals surface area contributed by atoms with Crippen molar-refractivity contribution < 1.29 is 9.53 Å².